The van der Waals surface area contributed by atoms with E-state index < -0.39 is 11.9 Å². The van der Waals surface area contributed by atoms with Crippen molar-refractivity contribution in [2.24, 2.45) is 4.99 Å². The summed E-state index contributed by atoms with van der Waals surface area (Å²) in [6, 6.07) is 0. The number of hydrogen-bond acceptors (Lipinski definition) is 10. The maximum atomic E-state index is 11.6. The summed E-state index contributed by atoms with van der Waals surface area (Å²) < 4.78 is 0. The largest absolute Gasteiger partial charge is 2.00 e. The average molecular weight is 639 g/mol. The predicted molar refractivity (Wildman–Crippen MR) is 167 cm³/mol. The number of aliphatic carboxylic acids is 2. The Bertz CT molecular complexity index is 781. The Morgan fingerprint density at radius 3 is 1.79 bits per heavy atom. The first kappa shape index (κ1) is 45.9. The Balaban J connectivity index is -0.000000727. The van der Waals surface area contributed by atoms with Gasteiger partial charge in [-0.25, -0.2) is 0 Å². The average Bonchev–Trinajstić information content (AvgIpc) is 2.94. The van der Waals surface area contributed by atoms with Crippen molar-refractivity contribution in [3.05, 3.63) is 24.3 Å². The minimum atomic E-state index is -1.17. The van der Waals surface area contributed by atoms with Crippen LogP contribution in [0.25, 0.3) is 0 Å². The van der Waals surface area contributed by atoms with Crippen LogP contribution in [0.1, 0.15) is 78.1 Å². The molecule has 0 aliphatic carbocycles. The molecule has 4 N–H and O–H groups in total. The second kappa shape index (κ2) is 34.9. The second-order valence-corrected chi connectivity index (χ2v) is 9.73. The van der Waals surface area contributed by atoms with Crippen molar-refractivity contribution in [3.8, 4) is 0 Å². The first-order chi connectivity index (χ1) is 20.2. The summed E-state index contributed by atoms with van der Waals surface area (Å²) in [5.41, 5.74) is 0. The molecular weight excluding hydrogens is 584 g/mol. The number of nitrogens with one attached hydrogen (secondary N) is 1. The molecule has 0 fully saturated rings. The fraction of sp³-hybridized carbons (Fsp3) is 0.733. The number of amides is 1. The molecule has 0 rings (SSSR count). The Morgan fingerprint density at radius 2 is 1.30 bits per heavy atom. The second-order valence-electron chi connectivity index (χ2n) is 9.73. The van der Waals surface area contributed by atoms with Crippen molar-refractivity contribution in [1.29, 1.82) is 0 Å². The normalized spacial score (nSPS) is 11.5. The van der Waals surface area contributed by atoms with Gasteiger partial charge in [0.05, 0.1) is 19.1 Å². The van der Waals surface area contributed by atoms with Crippen molar-refractivity contribution in [1.82, 2.24) is 15.1 Å². The summed E-state index contributed by atoms with van der Waals surface area (Å²) in [5.74, 6) is -2.32. The number of carboxylic acids is 2. The van der Waals surface area contributed by atoms with Gasteiger partial charge in [0.15, 0.2) is 0 Å². The number of allylic oxidation sites excluding steroid dienone is 2. The number of nitrogens with zero attached hydrogens (tertiary/aromatic N) is 3. The summed E-state index contributed by atoms with van der Waals surface area (Å²) in [7, 11) is 0. The number of aliphatic hydroxyl groups is 2. The van der Waals surface area contributed by atoms with Gasteiger partial charge in [-0.2, -0.15) is 0 Å². The number of aliphatic hydroxyl groups excluding tert-OH is 2. The molecule has 12 nitrogen and oxygen atoms in total. The molecule has 244 valence electrons. The topological polar surface area (TPSA) is 189 Å². The van der Waals surface area contributed by atoms with Crippen LogP contribution >= 0.6 is 0 Å². The Morgan fingerprint density at radius 1 is 0.767 bits per heavy atom. The van der Waals surface area contributed by atoms with E-state index in [0.29, 0.717) is 58.4 Å². The fourth-order valence-corrected chi connectivity index (χ4v) is 3.56. The van der Waals surface area contributed by atoms with Crippen LogP contribution < -0.4 is 15.5 Å². The van der Waals surface area contributed by atoms with Gasteiger partial charge in [-0.15, -0.1) is 0 Å². The molecule has 0 heterocycles. The third-order valence-electron chi connectivity index (χ3n) is 5.81. The Labute approximate surface area is 287 Å². The first-order valence-electron chi connectivity index (χ1n) is 15.0. The molecule has 0 atom stereocenters. The fourth-order valence-electron chi connectivity index (χ4n) is 3.56. The smallest absolute Gasteiger partial charge is 0.862 e. The van der Waals surface area contributed by atoms with Gasteiger partial charge < -0.3 is 40.6 Å². The van der Waals surface area contributed by atoms with Crippen molar-refractivity contribution >= 4 is 61.5 Å². The number of hydrogen-bond donors (Lipinski definition) is 4. The van der Waals surface area contributed by atoms with E-state index in [1.807, 2.05) is 24.3 Å². The number of aliphatic imine (C=N–C) groups is 1. The summed E-state index contributed by atoms with van der Waals surface area (Å²) in [6.45, 7) is 6.47. The van der Waals surface area contributed by atoms with Gasteiger partial charge in [-0.1, -0.05) is 63.8 Å². The molecule has 13 heteroatoms. The quantitative estimate of drug-likeness (QED) is 0.0329. The monoisotopic (exact) mass is 638 g/mol. The van der Waals surface area contributed by atoms with Crippen LogP contribution in [0.5, 0.6) is 0 Å². The van der Waals surface area contributed by atoms with Crippen LogP contribution in [0.4, 0.5) is 0 Å². The molecule has 1 amide bonds. The minimum Gasteiger partial charge on any atom is -0.862 e. The van der Waals surface area contributed by atoms with Gasteiger partial charge in [0.25, 0.3) is 0 Å². The number of carbonyl (C=O) groups is 3. The Hall–Kier alpha value is -1.54. The zero-order chi connectivity index (χ0) is 31.8. The van der Waals surface area contributed by atoms with Crippen LogP contribution in [0, 0.1) is 0 Å². The summed E-state index contributed by atoms with van der Waals surface area (Å²) in [4.78, 5) is 40.0. The number of rotatable bonds is 26. The molecule has 0 saturated heterocycles. The third-order valence-corrected chi connectivity index (χ3v) is 5.81. The van der Waals surface area contributed by atoms with Gasteiger partial charge in [-0.05, 0) is 38.0 Å². The molecule has 0 bridgehead atoms. The van der Waals surface area contributed by atoms with E-state index in [0.717, 1.165) is 38.5 Å². The summed E-state index contributed by atoms with van der Waals surface area (Å²) in [6.07, 6.45) is 15.9. The van der Waals surface area contributed by atoms with E-state index in [1.54, 1.807) is 9.80 Å². The van der Waals surface area contributed by atoms with Crippen molar-refractivity contribution in [2.45, 2.75) is 78.1 Å². The van der Waals surface area contributed by atoms with Crippen molar-refractivity contribution < 1.29 is 39.9 Å². The maximum Gasteiger partial charge on any atom is 2.00 e. The van der Waals surface area contributed by atoms with Gasteiger partial charge >= 0.3 is 43.7 Å². The number of unbranched alkanes of at least 4 members (excludes halogenated alkanes) is 4. The molecular formula is C30H54CaN4O8. The minimum absolute atomic E-state index is 0. The molecule has 0 radical (unpaired) electrons. The third kappa shape index (κ3) is 36.6. The SMILES string of the molecule is CCCC/C=C/CC(=O)NCCN(CCCO)CC(=O)O.CCCC/C=C/CC([O-])=NCCN(CCCO)CC(=O)[O-].[Ca+2]. The van der Waals surface area contributed by atoms with Gasteiger partial charge in [0.2, 0.25) is 5.91 Å². The van der Waals surface area contributed by atoms with Gasteiger partial charge in [0, 0.05) is 58.9 Å². The molecule has 0 aliphatic heterocycles. The molecule has 0 aromatic rings. The van der Waals surface area contributed by atoms with Crippen LogP contribution in [-0.4, -0.2) is 152 Å². The van der Waals surface area contributed by atoms with Crippen LogP contribution in [-0.2, 0) is 14.4 Å². The zero-order valence-electron chi connectivity index (χ0n) is 26.4. The van der Waals surface area contributed by atoms with Crippen LogP contribution in [0.3, 0.4) is 0 Å². The molecule has 0 aliphatic rings. The summed E-state index contributed by atoms with van der Waals surface area (Å²) in [5, 5.41) is 51.1. The molecule has 0 aromatic carbocycles. The number of carbonyl (C=O) groups excluding carboxylic acids is 2. The molecule has 0 saturated carbocycles. The first-order valence-corrected chi connectivity index (χ1v) is 15.0. The summed E-state index contributed by atoms with van der Waals surface area (Å²) >= 11 is 0. The van der Waals surface area contributed by atoms with Crippen LogP contribution in [0.15, 0.2) is 29.3 Å². The molecule has 0 unspecified atom stereocenters. The molecule has 43 heavy (non-hydrogen) atoms. The maximum absolute atomic E-state index is 11.6. The van der Waals surface area contributed by atoms with Crippen molar-refractivity contribution in [2.75, 3.05) is 65.6 Å². The van der Waals surface area contributed by atoms with Crippen LogP contribution in [0.2, 0.25) is 0 Å². The van der Waals surface area contributed by atoms with E-state index in [-0.39, 0.29) is 82.4 Å². The number of carboxylic acid groups (broad SMARTS) is 2. The van der Waals surface area contributed by atoms with E-state index in [2.05, 4.69) is 24.2 Å². The van der Waals surface area contributed by atoms with Gasteiger partial charge in [0.1, 0.15) is 0 Å². The predicted octanol–water partition coefficient (Wildman–Crippen LogP) is -0.0567. The van der Waals surface area contributed by atoms with E-state index in [4.69, 9.17) is 15.3 Å². The van der Waals surface area contributed by atoms with E-state index in [9.17, 15) is 24.6 Å². The zero-order valence-corrected chi connectivity index (χ0v) is 28.6. The standard InChI is InChI=1S/2C15H28N2O4.Ca/c2*1-2-3-4-5-6-8-14(19)16-9-11-17(10-7-12-18)13-15(20)21;/h2*5-6,18H,2-4,7-13H2,1H3,(H,16,19)(H,20,21);/q;;+2/p-2/b2*6-5+;. The van der Waals surface area contributed by atoms with E-state index >= 15 is 0 Å². The molecule has 0 spiro atoms. The van der Waals surface area contributed by atoms with Crippen molar-refractivity contribution in [3.63, 3.8) is 0 Å². The molecule has 0 aromatic heterocycles. The Kier molecular flexibility index (Phi) is 37.3. The van der Waals surface area contributed by atoms with E-state index in [1.165, 1.54) is 0 Å². The van der Waals surface area contributed by atoms with Gasteiger partial charge in [-0.3, -0.25) is 19.4 Å².